The molecular weight excluding hydrogens is 243 g/mol. The number of hydrogen-bond donors (Lipinski definition) is 1. The van der Waals surface area contributed by atoms with E-state index < -0.39 is 0 Å². The molecule has 2 aromatic rings. The molecule has 0 aliphatic heterocycles. The van der Waals surface area contributed by atoms with E-state index >= 15 is 0 Å². The highest BCUT2D eigenvalue weighted by atomic mass is 19.1. The SMILES string of the molecule is CN(C)CCNC(=O)c1ccc(F)c2ccccc12. The molecule has 19 heavy (non-hydrogen) atoms. The van der Waals surface area contributed by atoms with E-state index in [1.54, 1.807) is 24.3 Å². The Hall–Kier alpha value is -1.94. The number of benzene rings is 2. The first-order chi connectivity index (χ1) is 9.09. The van der Waals surface area contributed by atoms with Crippen molar-refractivity contribution in [2.45, 2.75) is 0 Å². The molecule has 4 heteroatoms. The average Bonchev–Trinajstić information content (AvgIpc) is 2.39. The molecule has 0 spiro atoms. The molecule has 0 saturated carbocycles. The number of likely N-dealkylation sites (N-methyl/N-ethyl adjacent to an activating group) is 1. The van der Waals surface area contributed by atoms with Crippen LogP contribution < -0.4 is 5.32 Å². The molecule has 0 saturated heterocycles. The highest BCUT2D eigenvalue weighted by Crippen LogP contribution is 2.21. The molecule has 100 valence electrons. The molecule has 0 aliphatic rings. The van der Waals surface area contributed by atoms with Gasteiger partial charge in [-0.2, -0.15) is 0 Å². The summed E-state index contributed by atoms with van der Waals surface area (Å²) in [6, 6.07) is 9.88. The Labute approximate surface area is 112 Å². The number of carbonyl (C=O) groups is 1. The maximum absolute atomic E-state index is 13.6. The number of rotatable bonds is 4. The lowest BCUT2D eigenvalue weighted by Gasteiger charge is -2.11. The number of amides is 1. The van der Waals surface area contributed by atoms with E-state index in [2.05, 4.69) is 5.32 Å². The maximum atomic E-state index is 13.6. The first-order valence-electron chi connectivity index (χ1n) is 6.20. The summed E-state index contributed by atoms with van der Waals surface area (Å²) >= 11 is 0. The van der Waals surface area contributed by atoms with Crippen LogP contribution >= 0.6 is 0 Å². The molecule has 0 aliphatic carbocycles. The van der Waals surface area contributed by atoms with Gasteiger partial charge in [0.15, 0.2) is 0 Å². The molecule has 0 atom stereocenters. The highest BCUT2D eigenvalue weighted by molar-refractivity contribution is 6.07. The smallest absolute Gasteiger partial charge is 0.251 e. The zero-order chi connectivity index (χ0) is 13.8. The van der Waals surface area contributed by atoms with Crippen LogP contribution in [0, 0.1) is 5.82 Å². The van der Waals surface area contributed by atoms with Crippen molar-refractivity contribution in [2.75, 3.05) is 27.2 Å². The van der Waals surface area contributed by atoms with Crippen LogP contribution in [0.15, 0.2) is 36.4 Å². The van der Waals surface area contributed by atoms with Crippen LogP contribution in [0.5, 0.6) is 0 Å². The summed E-state index contributed by atoms with van der Waals surface area (Å²) in [4.78, 5) is 14.1. The average molecular weight is 260 g/mol. The summed E-state index contributed by atoms with van der Waals surface area (Å²) in [6.45, 7) is 1.34. The lowest BCUT2D eigenvalue weighted by molar-refractivity contribution is 0.0952. The zero-order valence-electron chi connectivity index (χ0n) is 11.1. The molecule has 0 unspecified atom stereocenters. The number of nitrogens with one attached hydrogen (secondary N) is 1. The predicted molar refractivity (Wildman–Crippen MR) is 74.8 cm³/mol. The van der Waals surface area contributed by atoms with Gasteiger partial charge in [-0.1, -0.05) is 24.3 Å². The molecule has 1 amide bonds. The van der Waals surface area contributed by atoms with Crippen LogP contribution in [0.2, 0.25) is 0 Å². The van der Waals surface area contributed by atoms with Crippen molar-refractivity contribution in [1.82, 2.24) is 10.2 Å². The van der Waals surface area contributed by atoms with Crippen molar-refractivity contribution in [3.63, 3.8) is 0 Å². The minimum absolute atomic E-state index is 0.168. The van der Waals surface area contributed by atoms with Crippen LogP contribution in [-0.4, -0.2) is 38.0 Å². The van der Waals surface area contributed by atoms with Gasteiger partial charge in [0.1, 0.15) is 5.82 Å². The fourth-order valence-corrected chi connectivity index (χ4v) is 1.95. The number of hydrogen-bond acceptors (Lipinski definition) is 2. The largest absolute Gasteiger partial charge is 0.351 e. The Kier molecular flexibility index (Phi) is 4.12. The predicted octanol–water partition coefficient (Wildman–Crippen LogP) is 2.27. The second kappa shape index (κ2) is 5.80. The topological polar surface area (TPSA) is 32.3 Å². The van der Waals surface area contributed by atoms with E-state index in [4.69, 9.17) is 0 Å². The van der Waals surface area contributed by atoms with Crippen molar-refractivity contribution >= 4 is 16.7 Å². The van der Waals surface area contributed by atoms with Crippen LogP contribution in [0.25, 0.3) is 10.8 Å². The normalized spacial score (nSPS) is 10.9. The van der Waals surface area contributed by atoms with E-state index in [-0.39, 0.29) is 11.7 Å². The first-order valence-corrected chi connectivity index (χ1v) is 6.20. The Morgan fingerprint density at radius 1 is 1.16 bits per heavy atom. The number of nitrogens with zero attached hydrogens (tertiary/aromatic N) is 1. The van der Waals surface area contributed by atoms with Gasteiger partial charge in [-0.25, -0.2) is 4.39 Å². The standard InChI is InChI=1S/C15H17FN2O/c1-18(2)10-9-17-15(19)13-7-8-14(16)12-6-4-3-5-11(12)13/h3-8H,9-10H2,1-2H3,(H,17,19). The van der Waals surface area contributed by atoms with Gasteiger partial charge in [0.25, 0.3) is 5.91 Å². The van der Waals surface area contributed by atoms with Gasteiger partial charge in [-0.15, -0.1) is 0 Å². The van der Waals surface area contributed by atoms with Crippen molar-refractivity contribution in [2.24, 2.45) is 0 Å². The Bertz CT molecular complexity index is 596. The Balaban J connectivity index is 2.25. The molecule has 0 fully saturated rings. The van der Waals surface area contributed by atoms with Crippen LogP contribution in [0.4, 0.5) is 4.39 Å². The van der Waals surface area contributed by atoms with E-state index in [9.17, 15) is 9.18 Å². The van der Waals surface area contributed by atoms with Crippen LogP contribution in [0.1, 0.15) is 10.4 Å². The number of halogens is 1. The van der Waals surface area contributed by atoms with Gasteiger partial charge >= 0.3 is 0 Å². The van der Waals surface area contributed by atoms with E-state index in [0.717, 1.165) is 6.54 Å². The molecule has 0 bridgehead atoms. The summed E-state index contributed by atoms with van der Waals surface area (Å²) in [5.41, 5.74) is 0.510. The van der Waals surface area contributed by atoms with Crippen LogP contribution in [-0.2, 0) is 0 Å². The molecule has 0 heterocycles. The summed E-state index contributed by atoms with van der Waals surface area (Å²) in [6.07, 6.45) is 0. The van der Waals surface area contributed by atoms with Gasteiger partial charge in [0.2, 0.25) is 0 Å². The number of carbonyl (C=O) groups excluding carboxylic acids is 1. The van der Waals surface area contributed by atoms with E-state index in [1.165, 1.54) is 12.1 Å². The fraction of sp³-hybridized carbons (Fsp3) is 0.267. The van der Waals surface area contributed by atoms with Crippen molar-refractivity contribution in [1.29, 1.82) is 0 Å². The van der Waals surface area contributed by atoms with Crippen molar-refractivity contribution in [3.8, 4) is 0 Å². The molecule has 0 radical (unpaired) electrons. The van der Waals surface area contributed by atoms with Crippen molar-refractivity contribution < 1.29 is 9.18 Å². The summed E-state index contributed by atoms with van der Waals surface area (Å²) in [5, 5.41) is 3.96. The third-order valence-corrected chi connectivity index (χ3v) is 2.96. The summed E-state index contributed by atoms with van der Waals surface area (Å²) < 4.78 is 13.6. The van der Waals surface area contributed by atoms with Gasteiger partial charge in [0, 0.05) is 24.0 Å². The van der Waals surface area contributed by atoms with Gasteiger partial charge in [-0.05, 0) is 31.6 Å². The van der Waals surface area contributed by atoms with Gasteiger partial charge < -0.3 is 10.2 Å². The second-order valence-corrected chi connectivity index (χ2v) is 4.70. The Morgan fingerprint density at radius 3 is 2.53 bits per heavy atom. The molecule has 3 nitrogen and oxygen atoms in total. The zero-order valence-corrected chi connectivity index (χ0v) is 11.1. The molecule has 0 aromatic heterocycles. The summed E-state index contributed by atoms with van der Waals surface area (Å²) in [7, 11) is 3.89. The van der Waals surface area contributed by atoms with Gasteiger partial charge in [0.05, 0.1) is 0 Å². The van der Waals surface area contributed by atoms with E-state index in [1.807, 2.05) is 19.0 Å². The fourth-order valence-electron chi connectivity index (χ4n) is 1.95. The molecular formula is C15H17FN2O. The second-order valence-electron chi connectivity index (χ2n) is 4.70. The lowest BCUT2D eigenvalue weighted by atomic mass is 10.0. The first kappa shape index (κ1) is 13.5. The molecule has 2 aromatic carbocycles. The summed E-state index contributed by atoms with van der Waals surface area (Å²) in [5.74, 6) is -0.474. The highest BCUT2D eigenvalue weighted by Gasteiger charge is 2.11. The quantitative estimate of drug-likeness (QED) is 0.914. The third kappa shape index (κ3) is 3.09. The number of fused-ring (bicyclic) bond motifs is 1. The van der Waals surface area contributed by atoms with Gasteiger partial charge in [-0.3, -0.25) is 4.79 Å². The minimum atomic E-state index is -0.305. The van der Waals surface area contributed by atoms with E-state index in [0.29, 0.717) is 22.9 Å². The molecule has 2 rings (SSSR count). The van der Waals surface area contributed by atoms with Crippen molar-refractivity contribution in [3.05, 3.63) is 47.8 Å². The lowest BCUT2D eigenvalue weighted by Crippen LogP contribution is -2.31. The molecule has 1 N–H and O–H groups in total. The maximum Gasteiger partial charge on any atom is 0.251 e. The monoisotopic (exact) mass is 260 g/mol. The Morgan fingerprint density at radius 2 is 1.84 bits per heavy atom. The third-order valence-electron chi connectivity index (χ3n) is 2.96. The minimum Gasteiger partial charge on any atom is -0.351 e. The van der Waals surface area contributed by atoms with Crippen LogP contribution in [0.3, 0.4) is 0 Å².